The van der Waals surface area contributed by atoms with Crippen LogP contribution in [0.4, 0.5) is 0 Å². The van der Waals surface area contributed by atoms with Crippen LogP contribution in [0.3, 0.4) is 0 Å². The quantitative estimate of drug-likeness (QED) is 0.818. The smallest absolute Gasteiger partial charge is 0.269 e. The average molecular weight is 220 g/mol. The Morgan fingerprint density at radius 1 is 1.47 bits per heavy atom. The Morgan fingerprint density at radius 2 is 2.27 bits per heavy atom. The monoisotopic (exact) mass is 220 g/mol. The van der Waals surface area contributed by atoms with E-state index in [4.69, 9.17) is 5.73 Å². The molecule has 5 nitrogen and oxygen atoms in total. The Balaban J connectivity index is 2.47. The minimum Gasteiger partial charge on any atom is -0.364 e. The molecule has 0 radical (unpaired) electrons. The van der Waals surface area contributed by atoms with E-state index in [0.29, 0.717) is 11.4 Å². The van der Waals surface area contributed by atoms with Gasteiger partial charge in [-0.1, -0.05) is 0 Å². The fourth-order valence-corrected chi connectivity index (χ4v) is 1.76. The molecule has 0 saturated heterocycles. The van der Waals surface area contributed by atoms with Gasteiger partial charge in [0, 0.05) is 6.20 Å². The normalized spacial score (nSPS) is 10.2. The van der Waals surface area contributed by atoms with Crippen LogP contribution in [-0.2, 0) is 0 Å². The highest BCUT2D eigenvalue weighted by atomic mass is 32.1. The van der Waals surface area contributed by atoms with Crippen molar-refractivity contribution in [2.24, 2.45) is 5.73 Å². The van der Waals surface area contributed by atoms with E-state index in [1.165, 1.54) is 17.5 Å². The first-order valence-corrected chi connectivity index (χ1v) is 5.09. The Labute approximate surface area is 90.0 Å². The summed E-state index contributed by atoms with van der Waals surface area (Å²) in [5, 5.41) is 0. The van der Waals surface area contributed by atoms with Crippen LogP contribution in [0.1, 0.15) is 16.2 Å². The van der Waals surface area contributed by atoms with Gasteiger partial charge >= 0.3 is 0 Å². The van der Waals surface area contributed by atoms with E-state index >= 15 is 0 Å². The molecule has 0 aromatic carbocycles. The second kappa shape index (κ2) is 3.74. The molecule has 0 aliphatic rings. The van der Waals surface area contributed by atoms with E-state index in [2.05, 4.69) is 15.0 Å². The van der Waals surface area contributed by atoms with Crippen LogP contribution in [0.25, 0.3) is 10.6 Å². The molecule has 0 spiro atoms. The molecular formula is C9H8N4OS. The molecule has 15 heavy (non-hydrogen) atoms. The Morgan fingerprint density at radius 3 is 2.80 bits per heavy atom. The molecule has 0 aliphatic carbocycles. The molecule has 2 aromatic heterocycles. The molecule has 0 aliphatic heterocycles. The largest absolute Gasteiger partial charge is 0.364 e. The van der Waals surface area contributed by atoms with E-state index < -0.39 is 5.91 Å². The van der Waals surface area contributed by atoms with Gasteiger partial charge < -0.3 is 5.73 Å². The molecule has 0 saturated carbocycles. The summed E-state index contributed by atoms with van der Waals surface area (Å²) < 4.78 is 0. The molecule has 0 fully saturated rings. The van der Waals surface area contributed by atoms with Gasteiger partial charge in [-0.3, -0.25) is 9.78 Å². The van der Waals surface area contributed by atoms with Crippen molar-refractivity contribution < 1.29 is 4.79 Å². The molecule has 0 atom stereocenters. The number of nitrogens with zero attached hydrogens (tertiary/aromatic N) is 3. The van der Waals surface area contributed by atoms with Gasteiger partial charge in [0.15, 0.2) is 0 Å². The summed E-state index contributed by atoms with van der Waals surface area (Å²) in [5.41, 5.74) is 8.30. The SMILES string of the molecule is Cc1nc(-c2cncs2)cnc1C(N)=O. The number of hydrogen-bond acceptors (Lipinski definition) is 5. The van der Waals surface area contributed by atoms with Crippen molar-refractivity contribution in [1.29, 1.82) is 0 Å². The molecular weight excluding hydrogens is 212 g/mol. The summed E-state index contributed by atoms with van der Waals surface area (Å²) in [4.78, 5) is 24.0. The number of aryl methyl sites for hydroxylation is 1. The zero-order chi connectivity index (χ0) is 10.8. The van der Waals surface area contributed by atoms with Gasteiger partial charge in [-0.05, 0) is 6.92 Å². The lowest BCUT2D eigenvalue weighted by Gasteiger charge is -2.01. The maximum absolute atomic E-state index is 10.9. The number of rotatable bonds is 2. The van der Waals surface area contributed by atoms with Crippen LogP contribution < -0.4 is 5.73 Å². The van der Waals surface area contributed by atoms with Gasteiger partial charge in [-0.2, -0.15) is 0 Å². The maximum atomic E-state index is 10.9. The predicted octanol–water partition coefficient (Wildman–Crippen LogP) is 1.01. The molecule has 2 N–H and O–H groups in total. The molecule has 6 heteroatoms. The number of primary amides is 1. The molecule has 2 aromatic rings. The summed E-state index contributed by atoms with van der Waals surface area (Å²) in [7, 11) is 0. The first kappa shape index (κ1) is 9.72. The highest BCUT2D eigenvalue weighted by Crippen LogP contribution is 2.20. The third-order valence-corrected chi connectivity index (χ3v) is 2.66. The molecule has 0 unspecified atom stereocenters. The third kappa shape index (κ3) is 1.84. The molecule has 2 heterocycles. The van der Waals surface area contributed by atoms with Crippen molar-refractivity contribution in [1.82, 2.24) is 15.0 Å². The van der Waals surface area contributed by atoms with Crippen molar-refractivity contribution >= 4 is 17.2 Å². The van der Waals surface area contributed by atoms with Gasteiger partial charge in [-0.15, -0.1) is 11.3 Å². The number of aromatic nitrogens is 3. The molecule has 76 valence electrons. The van der Waals surface area contributed by atoms with E-state index in [1.54, 1.807) is 18.6 Å². The highest BCUT2D eigenvalue weighted by molar-refractivity contribution is 7.13. The average Bonchev–Trinajstić information content (AvgIpc) is 2.69. The maximum Gasteiger partial charge on any atom is 0.269 e. The minimum absolute atomic E-state index is 0.211. The predicted molar refractivity (Wildman–Crippen MR) is 56.4 cm³/mol. The van der Waals surface area contributed by atoms with Gasteiger partial charge in [0.05, 0.1) is 22.3 Å². The van der Waals surface area contributed by atoms with Crippen molar-refractivity contribution in [3.63, 3.8) is 0 Å². The zero-order valence-electron chi connectivity index (χ0n) is 7.97. The first-order chi connectivity index (χ1) is 7.18. The van der Waals surface area contributed by atoms with Gasteiger partial charge in [0.1, 0.15) is 11.4 Å². The van der Waals surface area contributed by atoms with E-state index in [0.717, 1.165) is 4.88 Å². The van der Waals surface area contributed by atoms with Gasteiger partial charge in [0.2, 0.25) is 0 Å². The Hall–Kier alpha value is -1.82. The number of thiazole rings is 1. The van der Waals surface area contributed by atoms with E-state index in [1.807, 2.05) is 0 Å². The van der Waals surface area contributed by atoms with Crippen molar-refractivity contribution in [3.05, 3.63) is 29.3 Å². The molecule has 2 rings (SSSR count). The summed E-state index contributed by atoms with van der Waals surface area (Å²) >= 11 is 1.47. The molecule has 1 amide bonds. The standard InChI is InChI=1S/C9H8N4OS/c1-5-8(9(10)14)12-2-6(13-5)7-3-11-4-15-7/h2-4H,1H3,(H2,10,14). The first-order valence-electron chi connectivity index (χ1n) is 4.21. The summed E-state index contributed by atoms with van der Waals surface area (Å²) in [6.07, 6.45) is 3.23. The van der Waals surface area contributed by atoms with Crippen LogP contribution in [0.5, 0.6) is 0 Å². The highest BCUT2D eigenvalue weighted by Gasteiger charge is 2.10. The lowest BCUT2D eigenvalue weighted by Crippen LogP contribution is -2.15. The van der Waals surface area contributed by atoms with Gasteiger partial charge in [0.25, 0.3) is 5.91 Å². The van der Waals surface area contributed by atoms with Crippen molar-refractivity contribution in [3.8, 4) is 10.6 Å². The number of nitrogens with two attached hydrogens (primary N) is 1. The van der Waals surface area contributed by atoms with E-state index in [9.17, 15) is 4.79 Å². The lowest BCUT2D eigenvalue weighted by molar-refractivity contribution is 0.0994. The second-order valence-electron chi connectivity index (χ2n) is 2.92. The zero-order valence-corrected chi connectivity index (χ0v) is 8.78. The summed E-state index contributed by atoms with van der Waals surface area (Å²) in [6.45, 7) is 1.71. The molecule has 0 bridgehead atoms. The number of hydrogen-bond donors (Lipinski definition) is 1. The fraction of sp³-hybridized carbons (Fsp3) is 0.111. The Kier molecular flexibility index (Phi) is 2.42. The van der Waals surface area contributed by atoms with Gasteiger partial charge in [-0.25, -0.2) is 9.97 Å². The van der Waals surface area contributed by atoms with Crippen molar-refractivity contribution in [2.45, 2.75) is 6.92 Å². The van der Waals surface area contributed by atoms with Crippen molar-refractivity contribution in [2.75, 3.05) is 0 Å². The minimum atomic E-state index is -0.559. The Bertz CT molecular complexity index is 495. The number of carbonyl (C=O) groups excluding carboxylic acids is 1. The fourth-order valence-electron chi connectivity index (χ4n) is 1.18. The van der Waals surface area contributed by atoms with Crippen LogP contribution in [0.2, 0.25) is 0 Å². The van der Waals surface area contributed by atoms with E-state index in [-0.39, 0.29) is 5.69 Å². The number of carbonyl (C=O) groups is 1. The number of amides is 1. The van der Waals surface area contributed by atoms with Crippen LogP contribution in [-0.4, -0.2) is 20.9 Å². The summed E-state index contributed by atoms with van der Waals surface area (Å²) in [5.74, 6) is -0.559. The van der Waals surface area contributed by atoms with Crippen LogP contribution >= 0.6 is 11.3 Å². The topological polar surface area (TPSA) is 81.8 Å². The van der Waals surface area contributed by atoms with Crippen LogP contribution in [0, 0.1) is 6.92 Å². The third-order valence-electron chi connectivity index (χ3n) is 1.86. The van der Waals surface area contributed by atoms with Crippen LogP contribution in [0.15, 0.2) is 17.9 Å². The summed E-state index contributed by atoms with van der Waals surface area (Å²) in [6, 6.07) is 0. The lowest BCUT2D eigenvalue weighted by atomic mass is 10.3. The second-order valence-corrected chi connectivity index (χ2v) is 3.81.